The summed E-state index contributed by atoms with van der Waals surface area (Å²) in [6.07, 6.45) is 0.680. The van der Waals surface area contributed by atoms with Crippen LogP contribution in [-0.2, 0) is 17.8 Å². The molecule has 0 radical (unpaired) electrons. The molecule has 1 amide bonds. The summed E-state index contributed by atoms with van der Waals surface area (Å²) in [6, 6.07) is 13.1. The molecule has 0 saturated carbocycles. The van der Waals surface area contributed by atoms with Crippen molar-refractivity contribution in [2.75, 3.05) is 13.2 Å². The summed E-state index contributed by atoms with van der Waals surface area (Å²) in [5, 5.41) is 18.8. The molecule has 1 aliphatic rings. The highest BCUT2D eigenvalue weighted by atomic mass is 35.5. The van der Waals surface area contributed by atoms with Crippen LogP contribution < -0.4 is 4.74 Å². The number of hydrogen-bond donors (Lipinski definition) is 1. The third kappa shape index (κ3) is 4.07. The van der Waals surface area contributed by atoms with E-state index in [0.29, 0.717) is 30.3 Å². The normalized spacial score (nSPS) is 13.1. The topological polar surface area (TPSA) is 101 Å². The SMILES string of the molecule is O=C(COc1ccc([N+](=O)[O-])cc1)N1CCc2[nH]nc(-c3ccc(Cl)cc3)c2C1. The summed E-state index contributed by atoms with van der Waals surface area (Å²) >= 11 is 5.96. The van der Waals surface area contributed by atoms with Gasteiger partial charge in [-0.1, -0.05) is 23.7 Å². The number of nitro groups is 1. The van der Waals surface area contributed by atoms with Crippen LogP contribution in [0.25, 0.3) is 11.3 Å². The zero-order valence-corrected chi connectivity index (χ0v) is 16.1. The van der Waals surface area contributed by atoms with Crippen LogP contribution in [0.1, 0.15) is 11.3 Å². The van der Waals surface area contributed by atoms with Crippen molar-refractivity contribution in [3.63, 3.8) is 0 Å². The van der Waals surface area contributed by atoms with Gasteiger partial charge in [0.15, 0.2) is 6.61 Å². The van der Waals surface area contributed by atoms with Crippen molar-refractivity contribution in [2.45, 2.75) is 13.0 Å². The Bertz CT molecular complexity index is 1050. The predicted molar refractivity (Wildman–Crippen MR) is 107 cm³/mol. The fourth-order valence-corrected chi connectivity index (χ4v) is 3.38. The van der Waals surface area contributed by atoms with Crippen LogP contribution in [0, 0.1) is 10.1 Å². The van der Waals surface area contributed by atoms with E-state index in [1.54, 1.807) is 4.90 Å². The molecule has 2 heterocycles. The van der Waals surface area contributed by atoms with E-state index in [9.17, 15) is 14.9 Å². The molecule has 1 N–H and O–H groups in total. The number of benzene rings is 2. The quantitative estimate of drug-likeness (QED) is 0.509. The fraction of sp³-hybridized carbons (Fsp3) is 0.200. The zero-order valence-electron chi connectivity index (χ0n) is 15.3. The van der Waals surface area contributed by atoms with Crippen LogP contribution in [0.3, 0.4) is 0 Å². The Balaban J connectivity index is 1.42. The Kier molecular flexibility index (Phi) is 5.18. The molecule has 0 spiro atoms. The number of amides is 1. The van der Waals surface area contributed by atoms with Crippen LogP contribution in [-0.4, -0.2) is 39.1 Å². The first kappa shape index (κ1) is 18.9. The highest BCUT2D eigenvalue weighted by molar-refractivity contribution is 6.30. The van der Waals surface area contributed by atoms with Crippen molar-refractivity contribution in [2.24, 2.45) is 0 Å². The second-order valence-corrected chi connectivity index (χ2v) is 7.08. The number of H-pyrrole nitrogens is 1. The Morgan fingerprint density at radius 3 is 2.62 bits per heavy atom. The Hall–Kier alpha value is -3.39. The average molecular weight is 413 g/mol. The molecule has 29 heavy (non-hydrogen) atoms. The molecule has 1 aliphatic heterocycles. The average Bonchev–Trinajstić information content (AvgIpc) is 3.16. The number of nitrogens with zero attached hydrogens (tertiary/aromatic N) is 3. The predicted octanol–water partition coefficient (Wildman–Crippen LogP) is 3.60. The standard InChI is InChI=1S/C20H17ClN4O4/c21-14-3-1-13(2-4-14)20-17-11-24(10-9-18(17)22-23-20)19(26)12-29-16-7-5-15(6-8-16)25(27)28/h1-8H,9-12H2,(H,22,23). The number of fused-ring (bicyclic) bond motifs is 1. The van der Waals surface area contributed by atoms with E-state index in [2.05, 4.69) is 10.2 Å². The van der Waals surface area contributed by atoms with E-state index >= 15 is 0 Å². The maximum Gasteiger partial charge on any atom is 0.269 e. The highest BCUT2D eigenvalue weighted by Crippen LogP contribution is 2.29. The minimum atomic E-state index is -0.483. The van der Waals surface area contributed by atoms with E-state index in [4.69, 9.17) is 16.3 Å². The zero-order chi connectivity index (χ0) is 20.4. The maximum absolute atomic E-state index is 12.6. The Labute approximate surface area is 171 Å². The van der Waals surface area contributed by atoms with E-state index in [1.165, 1.54) is 24.3 Å². The number of nitrogens with one attached hydrogen (secondary N) is 1. The molecule has 1 aromatic heterocycles. The number of halogens is 1. The Morgan fingerprint density at radius 1 is 1.21 bits per heavy atom. The summed E-state index contributed by atoms with van der Waals surface area (Å²) in [4.78, 5) is 24.6. The van der Waals surface area contributed by atoms with Gasteiger partial charge in [0.1, 0.15) is 5.75 Å². The van der Waals surface area contributed by atoms with E-state index < -0.39 is 4.92 Å². The van der Waals surface area contributed by atoms with Gasteiger partial charge in [-0.2, -0.15) is 5.10 Å². The molecule has 4 rings (SSSR count). The van der Waals surface area contributed by atoms with Gasteiger partial charge in [0.25, 0.3) is 11.6 Å². The number of non-ortho nitro benzene ring substituents is 1. The van der Waals surface area contributed by atoms with E-state index in [1.807, 2.05) is 24.3 Å². The lowest BCUT2D eigenvalue weighted by molar-refractivity contribution is -0.384. The second-order valence-electron chi connectivity index (χ2n) is 6.64. The number of hydrogen-bond acceptors (Lipinski definition) is 5. The molecular weight excluding hydrogens is 396 g/mol. The molecule has 0 atom stereocenters. The number of carbonyl (C=O) groups is 1. The van der Waals surface area contributed by atoms with Gasteiger partial charge < -0.3 is 9.64 Å². The van der Waals surface area contributed by atoms with Gasteiger partial charge >= 0.3 is 0 Å². The number of aromatic nitrogens is 2. The van der Waals surface area contributed by atoms with Crippen LogP contribution in [0.5, 0.6) is 5.75 Å². The van der Waals surface area contributed by atoms with Crippen molar-refractivity contribution >= 4 is 23.2 Å². The second kappa shape index (κ2) is 7.92. The van der Waals surface area contributed by atoms with Gasteiger partial charge in [0.05, 0.1) is 10.6 Å². The first-order valence-corrected chi connectivity index (χ1v) is 9.36. The molecule has 148 valence electrons. The molecule has 9 heteroatoms. The maximum atomic E-state index is 12.6. The van der Waals surface area contributed by atoms with Crippen molar-refractivity contribution in [1.82, 2.24) is 15.1 Å². The molecule has 0 saturated heterocycles. The molecule has 8 nitrogen and oxygen atoms in total. The van der Waals surface area contributed by atoms with E-state index in [0.717, 1.165) is 22.5 Å². The van der Waals surface area contributed by atoms with Gasteiger partial charge in [-0.05, 0) is 24.3 Å². The van der Waals surface area contributed by atoms with Crippen LogP contribution in [0.4, 0.5) is 5.69 Å². The minimum Gasteiger partial charge on any atom is -0.484 e. The van der Waals surface area contributed by atoms with Crippen LogP contribution >= 0.6 is 11.6 Å². The number of ether oxygens (including phenoxy) is 1. The van der Waals surface area contributed by atoms with Gasteiger partial charge in [0.2, 0.25) is 0 Å². The summed E-state index contributed by atoms with van der Waals surface area (Å²) in [6.45, 7) is 0.866. The van der Waals surface area contributed by atoms with Crippen molar-refractivity contribution in [3.05, 3.63) is 74.9 Å². The van der Waals surface area contributed by atoms with Crippen molar-refractivity contribution in [3.8, 4) is 17.0 Å². The monoisotopic (exact) mass is 412 g/mol. The molecule has 0 bridgehead atoms. The lowest BCUT2D eigenvalue weighted by Gasteiger charge is -2.27. The first-order chi connectivity index (χ1) is 14.0. The van der Waals surface area contributed by atoms with Gasteiger partial charge in [-0.3, -0.25) is 20.0 Å². The molecular formula is C20H17ClN4O4. The molecule has 0 fully saturated rings. The lowest BCUT2D eigenvalue weighted by atomic mass is 10.0. The Morgan fingerprint density at radius 2 is 1.93 bits per heavy atom. The van der Waals surface area contributed by atoms with E-state index in [-0.39, 0.29) is 18.2 Å². The largest absolute Gasteiger partial charge is 0.484 e. The summed E-state index contributed by atoms with van der Waals surface area (Å²) in [5.41, 5.74) is 3.73. The fourth-order valence-electron chi connectivity index (χ4n) is 3.25. The number of rotatable bonds is 5. The van der Waals surface area contributed by atoms with Crippen molar-refractivity contribution < 1.29 is 14.5 Å². The third-order valence-corrected chi connectivity index (χ3v) is 5.07. The molecule has 0 aliphatic carbocycles. The molecule has 2 aromatic carbocycles. The summed E-state index contributed by atoms with van der Waals surface area (Å²) in [7, 11) is 0. The van der Waals surface area contributed by atoms with Crippen molar-refractivity contribution in [1.29, 1.82) is 0 Å². The minimum absolute atomic E-state index is 0.0260. The first-order valence-electron chi connectivity index (χ1n) is 8.98. The molecule has 0 unspecified atom stereocenters. The van der Waals surface area contributed by atoms with Crippen LogP contribution in [0.15, 0.2) is 48.5 Å². The van der Waals surface area contributed by atoms with Gasteiger partial charge in [-0.25, -0.2) is 0 Å². The lowest BCUT2D eigenvalue weighted by Crippen LogP contribution is -2.38. The van der Waals surface area contributed by atoms with Gasteiger partial charge in [0, 0.05) is 53.5 Å². The highest BCUT2D eigenvalue weighted by Gasteiger charge is 2.26. The number of nitro benzene ring substituents is 1. The molecule has 3 aromatic rings. The van der Waals surface area contributed by atoms with Crippen LogP contribution in [0.2, 0.25) is 5.02 Å². The smallest absolute Gasteiger partial charge is 0.269 e. The number of carbonyl (C=O) groups excluding carboxylic acids is 1. The number of aromatic amines is 1. The third-order valence-electron chi connectivity index (χ3n) is 4.81. The van der Waals surface area contributed by atoms with Gasteiger partial charge in [-0.15, -0.1) is 0 Å². The summed E-state index contributed by atoms with van der Waals surface area (Å²) in [5.74, 6) is 0.254. The summed E-state index contributed by atoms with van der Waals surface area (Å²) < 4.78 is 5.50.